The average molecular weight is 355 g/mol. The van der Waals surface area contributed by atoms with Crippen molar-refractivity contribution in [1.82, 2.24) is 4.98 Å². The topological polar surface area (TPSA) is 71.2 Å². The van der Waals surface area contributed by atoms with Crippen molar-refractivity contribution < 1.29 is 13.9 Å². The van der Waals surface area contributed by atoms with Gasteiger partial charge in [0.2, 0.25) is 5.56 Å². The predicted octanol–water partition coefficient (Wildman–Crippen LogP) is 2.68. The Kier molecular flexibility index (Phi) is 4.74. The van der Waals surface area contributed by atoms with Gasteiger partial charge in [-0.2, -0.15) is 0 Å². The van der Waals surface area contributed by atoms with E-state index < -0.39 is 11.8 Å². The van der Waals surface area contributed by atoms with Gasteiger partial charge in [-0.05, 0) is 24.3 Å². The predicted molar refractivity (Wildman–Crippen MR) is 79.8 cm³/mol. The lowest BCUT2D eigenvalue weighted by Crippen LogP contribution is -2.17. The summed E-state index contributed by atoms with van der Waals surface area (Å²) in [5.41, 5.74) is 0.466. The number of nitrogens with one attached hydrogen (secondary N) is 2. The quantitative estimate of drug-likeness (QED) is 0.828. The van der Waals surface area contributed by atoms with E-state index in [4.69, 9.17) is 0 Å². The first-order chi connectivity index (χ1) is 10.0. The number of H-pyrrole nitrogens is 1. The van der Waals surface area contributed by atoms with Crippen LogP contribution in [0.1, 0.15) is 16.1 Å². The van der Waals surface area contributed by atoms with Crippen LogP contribution in [0.5, 0.6) is 0 Å². The van der Waals surface area contributed by atoms with Gasteiger partial charge in [-0.3, -0.25) is 4.79 Å². The summed E-state index contributed by atoms with van der Waals surface area (Å²) < 4.78 is 19.0. The minimum atomic E-state index is -0.570. The van der Waals surface area contributed by atoms with Crippen LogP contribution in [0.3, 0.4) is 0 Å². The molecule has 5 nitrogen and oxygen atoms in total. The van der Waals surface area contributed by atoms with Gasteiger partial charge < -0.3 is 15.0 Å². The number of esters is 1. The molecule has 0 atom stereocenters. The molecule has 2 N–H and O–H groups in total. The van der Waals surface area contributed by atoms with Crippen molar-refractivity contribution in [3.8, 4) is 0 Å². The van der Waals surface area contributed by atoms with Gasteiger partial charge in [0.05, 0.1) is 30.6 Å². The summed E-state index contributed by atoms with van der Waals surface area (Å²) in [5, 5.41) is 2.83. The first-order valence-corrected chi connectivity index (χ1v) is 6.80. The highest BCUT2D eigenvalue weighted by molar-refractivity contribution is 9.10. The Hall–Kier alpha value is -2.15. The number of hydrogen-bond acceptors (Lipinski definition) is 4. The third-order valence-electron chi connectivity index (χ3n) is 2.79. The molecular formula is C14H12BrFN2O3. The lowest BCUT2D eigenvalue weighted by molar-refractivity contribution is 0.0599. The third kappa shape index (κ3) is 3.69. The minimum Gasteiger partial charge on any atom is -0.465 e. The number of anilines is 1. The second-order valence-electron chi connectivity index (χ2n) is 4.18. The Balaban J connectivity index is 2.25. The second-order valence-corrected chi connectivity index (χ2v) is 5.10. The second kappa shape index (κ2) is 6.53. The van der Waals surface area contributed by atoms with Crippen molar-refractivity contribution in [2.75, 3.05) is 12.4 Å². The fraction of sp³-hybridized carbons (Fsp3) is 0.143. The van der Waals surface area contributed by atoms with Gasteiger partial charge in [0.1, 0.15) is 5.82 Å². The summed E-state index contributed by atoms with van der Waals surface area (Å²) in [4.78, 5) is 25.5. The Morgan fingerprint density at radius 1 is 1.38 bits per heavy atom. The van der Waals surface area contributed by atoms with Crippen LogP contribution in [-0.4, -0.2) is 18.1 Å². The van der Waals surface area contributed by atoms with Crippen LogP contribution < -0.4 is 10.9 Å². The lowest BCUT2D eigenvalue weighted by atomic mass is 10.2. The van der Waals surface area contributed by atoms with E-state index >= 15 is 0 Å². The maximum atomic E-state index is 13.7. The smallest absolute Gasteiger partial charge is 0.339 e. The number of ether oxygens (including phenoxy) is 1. The van der Waals surface area contributed by atoms with E-state index in [2.05, 4.69) is 31.0 Å². The molecule has 0 aliphatic heterocycles. The maximum absolute atomic E-state index is 13.7. The zero-order chi connectivity index (χ0) is 15.4. The number of hydrogen-bond donors (Lipinski definition) is 2. The Labute approximate surface area is 128 Å². The lowest BCUT2D eigenvalue weighted by Gasteiger charge is -2.10. The first kappa shape index (κ1) is 15.2. The zero-order valence-corrected chi connectivity index (χ0v) is 12.7. The highest BCUT2D eigenvalue weighted by Crippen LogP contribution is 2.20. The highest BCUT2D eigenvalue weighted by atomic mass is 79.9. The molecule has 0 spiro atoms. The van der Waals surface area contributed by atoms with Gasteiger partial charge in [0, 0.05) is 10.5 Å². The average Bonchev–Trinajstić information content (AvgIpc) is 2.45. The molecule has 1 aromatic heterocycles. The molecule has 0 bridgehead atoms. The number of halogens is 2. The Morgan fingerprint density at radius 3 is 2.81 bits per heavy atom. The van der Waals surface area contributed by atoms with E-state index in [1.807, 2.05) is 0 Å². The molecule has 1 aromatic carbocycles. The molecule has 110 valence electrons. The molecule has 0 aliphatic carbocycles. The third-order valence-corrected chi connectivity index (χ3v) is 3.29. The van der Waals surface area contributed by atoms with Crippen molar-refractivity contribution >= 4 is 27.6 Å². The molecule has 2 aromatic rings. The molecular weight excluding hydrogens is 343 g/mol. The van der Waals surface area contributed by atoms with Crippen LogP contribution in [0, 0.1) is 5.82 Å². The van der Waals surface area contributed by atoms with Crippen molar-refractivity contribution in [2.45, 2.75) is 6.54 Å². The monoisotopic (exact) mass is 354 g/mol. The van der Waals surface area contributed by atoms with Crippen molar-refractivity contribution in [2.24, 2.45) is 0 Å². The van der Waals surface area contributed by atoms with Crippen LogP contribution in [0.15, 0.2) is 39.6 Å². The van der Waals surface area contributed by atoms with Crippen LogP contribution in [0.4, 0.5) is 10.1 Å². The van der Waals surface area contributed by atoms with Gasteiger partial charge >= 0.3 is 5.97 Å². The molecule has 0 saturated heterocycles. The van der Waals surface area contributed by atoms with Crippen molar-refractivity contribution in [1.29, 1.82) is 0 Å². The molecule has 2 rings (SSSR count). The van der Waals surface area contributed by atoms with E-state index in [0.717, 1.165) is 0 Å². The summed E-state index contributed by atoms with van der Waals surface area (Å²) >= 11 is 3.17. The largest absolute Gasteiger partial charge is 0.465 e. The molecule has 0 saturated carbocycles. The van der Waals surface area contributed by atoms with Gasteiger partial charge in [-0.1, -0.05) is 15.9 Å². The number of aromatic nitrogens is 1. The molecule has 21 heavy (non-hydrogen) atoms. The fourth-order valence-electron chi connectivity index (χ4n) is 1.77. The number of carbonyl (C=O) groups is 1. The van der Waals surface area contributed by atoms with E-state index in [1.165, 1.54) is 25.3 Å². The molecule has 0 fully saturated rings. The van der Waals surface area contributed by atoms with Crippen molar-refractivity contribution in [3.05, 3.63) is 62.2 Å². The number of carbonyl (C=O) groups excluding carboxylic acids is 1. The molecule has 1 heterocycles. The summed E-state index contributed by atoms with van der Waals surface area (Å²) in [6, 6.07) is 7.16. The van der Waals surface area contributed by atoms with Gasteiger partial charge in [-0.25, -0.2) is 9.18 Å². The standard InChI is InChI=1S/C14H12BrFN2O3/c1-21-14(20)9-3-5-13(19)18-12(9)7-17-11-4-2-8(15)6-10(11)16/h2-6,17H,7H2,1H3,(H,18,19). The molecule has 0 aliphatic rings. The van der Waals surface area contributed by atoms with Crippen LogP contribution >= 0.6 is 15.9 Å². The van der Waals surface area contributed by atoms with Crippen LogP contribution in [0.2, 0.25) is 0 Å². The van der Waals surface area contributed by atoms with E-state index in [9.17, 15) is 14.0 Å². The summed E-state index contributed by atoms with van der Waals surface area (Å²) in [5.74, 6) is -1.01. The minimum absolute atomic E-state index is 0.0824. The van der Waals surface area contributed by atoms with Crippen LogP contribution in [0.25, 0.3) is 0 Å². The number of aromatic amines is 1. The zero-order valence-electron chi connectivity index (χ0n) is 11.1. The summed E-state index contributed by atoms with van der Waals surface area (Å²) in [6.45, 7) is 0.0824. The normalized spacial score (nSPS) is 10.2. The number of methoxy groups -OCH3 is 1. The highest BCUT2D eigenvalue weighted by Gasteiger charge is 2.13. The Morgan fingerprint density at radius 2 is 2.14 bits per heavy atom. The fourth-order valence-corrected chi connectivity index (χ4v) is 2.11. The Bertz CT molecular complexity index is 730. The first-order valence-electron chi connectivity index (χ1n) is 6.00. The van der Waals surface area contributed by atoms with Gasteiger partial charge in [0.25, 0.3) is 0 Å². The summed E-state index contributed by atoms with van der Waals surface area (Å²) in [6.07, 6.45) is 0. The number of pyridine rings is 1. The van der Waals surface area contributed by atoms with E-state index in [-0.39, 0.29) is 23.4 Å². The number of rotatable bonds is 4. The SMILES string of the molecule is COC(=O)c1ccc(=O)[nH]c1CNc1ccc(Br)cc1F. The van der Waals surface area contributed by atoms with E-state index in [1.54, 1.807) is 12.1 Å². The van der Waals surface area contributed by atoms with E-state index in [0.29, 0.717) is 10.2 Å². The molecule has 0 amide bonds. The molecule has 7 heteroatoms. The number of benzene rings is 1. The van der Waals surface area contributed by atoms with Crippen molar-refractivity contribution in [3.63, 3.8) is 0 Å². The van der Waals surface area contributed by atoms with Crippen LogP contribution in [-0.2, 0) is 11.3 Å². The molecule has 0 unspecified atom stereocenters. The summed E-state index contributed by atoms with van der Waals surface area (Å²) in [7, 11) is 1.25. The maximum Gasteiger partial charge on any atom is 0.339 e. The molecule has 0 radical (unpaired) electrons. The van der Waals surface area contributed by atoms with Gasteiger partial charge in [-0.15, -0.1) is 0 Å². The van der Waals surface area contributed by atoms with Gasteiger partial charge in [0.15, 0.2) is 0 Å².